The molecule has 6 heteroatoms. The molecular weight excluding hydrogens is 272 g/mol. The van der Waals surface area contributed by atoms with Gasteiger partial charge in [-0.2, -0.15) is 0 Å². The summed E-state index contributed by atoms with van der Waals surface area (Å²) in [5, 5.41) is 0.257. The van der Waals surface area contributed by atoms with Gasteiger partial charge in [0.25, 0.3) is 0 Å². The van der Waals surface area contributed by atoms with Crippen molar-refractivity contribution in [3.8, 4) is 0 Å². The topological polar surface area (TPSA) is 72.2 Å². The van der Waals surface area contributed by atoms with Crippen molar-refractivity contribution in [2.45, 2.75) is 37.1 Å². The molecule has 4 nitrogen and oxygen atoms in total. The highest BCUT2D eigenvalue weighted by Gasteiger charge is 2.26. The van der Waals surface area contributed by atoms with E-state index in [0.29, 0.717) is 11.6 Å². The molecule has 1 unspecified atom stereocenters. The molecule has 0 aromatic heterocycles. The number of anilines is 1. The lowest BCUT2D eigenvalue weighted by molar-refractivity contribution is 0.530. The van der Waals surface area contributed by atoms with Gasteiger partial charge in [-0.3, -0.25) is 0 Å². The van der Waals surface area contributed by atoms with Crippen LogP contribution in [0.5, 0.6) is 0 Å². The Balaban J connectivity index is 2.11. The van der Waals surface area contributed by atoms with Crippen LogP contribution in [0.3, 0.4) is 0 Å². The number of nitrogen functional groups attached to an aromatic ring is 1. The lowest BCUT2D eigenvalue weighted by Crippen LogP contribution is -2.32. The van der Waals surface area contributed by atoms with Crippen molar-refractivity contribution in [2.24, 2.45) is 5.92 Å². The normalized spacial score (nSPS) is 17.7. The van der Waals surface area contributed by atoms with Crippen LogP contribution in [-0.4, -0.2) is 14.5 Å². The van der Waals surface area contributed by atoms with Crippen LogP contribution in [0.1, 0.15) is 26.2 Å². The van der Waals surface area contributed by atoms with Crippen LogP contribution in [0.15, 0.2) is 23.1 Å². The third kappa shape index (κ3) is 3.37. The number of hydrogen-bond donors (Lipinski definition) is 2. The number of benzene rings is 1. The Morgan fingerprint density at radius 3 is 2.72 bits per heavy atom. The van der Waals surface area contributed by atoms with Crippen molar-refractivity contribution >= 4 is 27.3 Å². The standard InChI is InChI=1S/C12H17ClN2O2S/c1-8(6-9-2-3-9)15-18(16,17)10-4-5-12(14)11(13)7-10/h4-5,7-9,15H,2-3,6,14H2,1H3. The SMILES string of the molecule is CC(CC1CC1)NS(=O)(=O)c1ccc(N)c(Cl)c1. The van der Waals surface area contributed by atoms with Gasteiger partial charge in [0.15, 0.2) is 0 Å². The second kappa shape index (κ2) is 5.07. The average Bonchev–Trinajstić information content (AvgIpc) is 3.04. The minimum atomic E-state index is -3.51. The van der Waals surface area contributed by atoms with Crippen molar-refractivity contribution in [1.82, 2.24) is 4.72 Å². The number of sulfonamides is 1. The van der Waals surface area contributed by atoms with E-state index >= 15 is 0 Å². The number of nitrogens with two attached hydrogens (primary N) is 1. The monoisotopic (exact) mass is 288 g/mol. The molecule has 3 N–H and O–H groups in total. The maximum absolute atomic E-state index is 12.1. The van der Waals surface area contributed by atoms with Gasteiger partial charge in [0.2, 0.25) is 10.0 Å². The Morgan fingerprint density at radius 1 is 1.50 bits per heavy atom. The molecule has 0 saturated heterocycles. The minimum Gasteiger partial charge on any atom is -0.398 e. The number of nitrogens with one attached hydrogen (secondary N) is 1. The van der Waals surface area contributed by atoms with Gasteiger partial charge in [0.05, 0.1) is 15.6 Å². The highest BCUT2D eigenvalue weighted by molar-refractivity contribution is 7.89. The molecule has 1 aliphatic carbocycles. The largest absolute Gasteiger partial charge is 0.398 e. The van der Waals surface area contributed by atoms with Gasteiger partial charge >= 0.3 is 0 Å². The molecule has 0 heterocycles. The van der Waals surface area contributed by atoms with Crippen LogP contribution in [0.2, 0.25) is 5.02 Å². The molecule has 18 heavy (non-hydrogen) atoms. The summed E-state index contributed by atoms with van der Waals surface area (Å²) in [6.07, 6.45) is 3.31. The van der Waals surface area contributed by atoms with Crippen molar-refractivity contribution < 1.29 is 8.42 Å². The lowest BCUT2D eigenvalue weighted by Gasteiger charge is -2.14. The Labute approximate surface area is 113 Å². The summed E-state index contributed by atoms with van der Waals surface area (Å²) in [6, 6.07) is 4.29. The smallest absolute Gasteiger partial charge is 0.240 e. The third-order valence-corrected chi connectivity index (χ3v) is 4.94. The maximum atomic E-state index is 12.1. The van der Waals surface area contributed by atoms with Crippen LogP contribution in [0, 0.1) is 5.92 Å². The van der Waals surface area contributed by atoms with Crippen LogP contribution < -0.4 is 10.5 Å². The highest BCUT2D eigenvalue weighted by atomic mass is 35.5. The first kappa shape index (κ1) is 13.6. The summed E-state index contributed by atoms with van der Waals surface area (Å²) < 4.78 is 26.9. The van der Waals surface area contributed by atoms with Crippen molar-refractivity contribution in [1.29, 1.82) is 0 Å². The van der Waals surface area contributed by atoms with E-state index in [4.69, 9.17) is 17.3 Å². The zero-order valence-corrected chi connectivity index (χ0v) is 11.8. The van der Waals surface area contributed by atoms with E-state index in [1.54, 1.807) is 0 Å². The van der Waals surface area contributed by atoms with E-state index < -0.39 is 10.0 Å². The van der Waals surface area contributed by atoms with Crippen LogP contribution in [-0.2, 0) is 10.0 Å². The molecule has 1 fully saturated rings. The fourth-order valence-electron chi connectivity index (χ4n) is 1.91. The molecule has 1 atom stereocenters. The van der Waals surface area contributed by atoms with Gasteiger partial charge in [-0.15, -0.1) is 0 Å². The average molecular weight is 289 g/mol. The number of rotatable bonds is 5. The van der Waals surface area contributed by atoms with Crippen LogP contribution in [0.25, 0.3) is 0 Å². The van der Waals surface area contributed by atoms with E-state index in [2.05, 4.69) is 4.72 Å². The van der Waals surface area contributed by atoms with Crippen molar-refractivity contribution in [3.05, 3.63) is 23.2 Å². The maximum Gasteiger partial charge on any atom is 0.240 e. The van der Waals surface area contributed by atoms with Crippen LogP contribution >= 0.6 is 11.6 Å². The molecule has 1 aromatic carbocycles. The van der Waals surface area contributed by atoms with Gasteiger partial charge in [-0.1, -0.05) is 24.4 Å². The summed E-state index contributed by atoms with van der Waals surface area (Å²) in [7, 11) is -3.51. The first-order valence-electron chi connectivity index (χ1n) is 5.96. The molecule has 1 aromatic rings. The van der Waals surface area contributed by atoms with E-state index in [0.717, 1.165) is 6.42 Å². The summed E-state index contributed by atoms with van der Waals surface area (Å²) in [5.74, 6) is 0.678. The first-order valence-corrected chi connectivity index (χ1v) is 7.82. The summed E-state index contributed by atoms with van der Waals surface area (Å²) in [6.45, 7) is 1.88. The van der Waals surface area contributed by atoms with Gasteiger partial charge < -0.3 is 5.73 Å². The van der Waals surface area contributed by atoms with E-state index in [1.807, 2.05) is 6.92 Å². The van der Waals surface area contributed by atoms with Gasteiger partial charge in [-0.05, 0) is 37.5 Å². The van der Waals surface area contributed by atoms with E-state index in [1.165, 1.54) is 31.0 Å². The summed E-state index contributed by atoms with van der Waals surface area (Å²) >= 11 is 5.83. The minimum absolute atomic E-state index is 0.0566. The lowest BCUT2D eigenvalue weighted by atomic mass is 10.2. The molecule has 1 aliphatic rings. The molecule has 0 spiro atoms. The first-order chi connectivity index (χ1) is 8.38. The molecule has 0 amide bonds. The van der Waals surface area contributed by atoms with E-state index in [9.17, 15) is 8.42 Å². The van der Waals surface area contributed by atoms with E-state index in [-0.39, 0.29) is 16.0 Å². The quantitative estimate of drug-likeness (QED) is 0.817. The Bertz CT molecular complexity index is 541. The molecule has 0 aliphatic heterocycles. The van der Waals surface area contributed by atoms with Gasteiger partial charge in [0.1, 0.15) is 0 Å². The predicted molar refractivity (Wildman–Crippen MR) is 73.0 cm³/mol. The Hall–Kier alpha value is -0.780. The highest BCUT2D eigenvalue weighted by Crippen LogP contribution is 2.33. The molecule has 0 radical (unpaired) electrons. The predicted octanol–water partition coefficient (Wildman–Crippen LogP) is 2.39. The number of halogens is 1. The zero-order chi connectivity index (χ0) is 13.3. The third-order valence-electron chi connectivity index (χ3n) is 3.02. The Morgan fingerprint density at radius 2 is 2.17 bits per heavy atom. The van der Waals surface area contributed by atoms with Crippen LogP contribution in [0.4, 0.5) is 5.69 Å². The summed E-state index contributed by atoms with van der Waals surface area (Å²) in [5.41, 5.74) is 5.94. The van der Waals surface area contributed by atoms with Gasteiger partial charge in [-0.25, -0.2) is 13.1 Å². The molecule has 0 bridgehead atoms. The molecule has 2 rings (SSSR count). The molecule has 100 valence electrons. The van der Waals surface area contributed by atoms with Gasteiger partial charge in [0, 0.05) is 6.04 Å². The fourth-order valence-corrected chi connectivity index (χ4v) is 3.44. The number of hydrogen-bond acceptors (Lipinski definition) is 3. The molecule has 1 saturated carbocycles. The fraction of sp³-hybridized carbons (Fsp3) is 0.500. The zero-order valence-electron chi connectivity index (χ0n) is 10.2. The second-order valence-corrected chi connectivity index (χ2v) is 7.01. The van der Waals surface area contributed by atoms with Crippen molar-refractivity contribution in [3.63, 3.8) is 0 Å². The molecular formula is C12H17ClN2O2S. The Kier molecular flexibility index (Phi) is 3.84. The summed E-state index contributed by atoms with van der Waals surface area (Å²) in [4.78, 5) is 0.157. The van der Waals surface area contributed by atoms with Crippen molar-refractivity contribution in [2.75, 3.05) is 5.73 Å². The second-order valence-electron chi connectivity index (χ2n) is 4.88.